The van der Waals surface area contributed by atoms with Gasteiger partial charge in [0.1, 0.15) is 4.32 Å². The van der Waals surface area contributed by atoms with Crippen molar-refractivity contribution in [1.82, 2.24) is 15.8 Å². The molecule has 30 heavy (non-hydrogen) atoms. The van der Waals surface area contributed by atoms with Crippen LogP contribution in [0.2, 0.25) is 0 Å². The van der Waals surface area contributed by atoms with Gasteiger partial charge in [0.25, 0.3) is 11.8 Å². The Morgan fingerprint density at radius 3 is 2.67 bits per heavy atom. The summed E-state index contributed by atoms with van der Waals surface area (Å²) in [5.74, 6) is -1.05. The minimum absolute atomic E-state index is 0.00462. The lowest BCUT2D eigenvalue weighted by Crippen LogP contribution is -2.43. The van der Waals surface area contributed by atoms with E-state index < -0.39 is 11.8 Å². The number of carbonyl (C=O) groups is 3. The molecule has 0 aliphatic carbocycles. The summed E-state index contributed by atoms with van der Waals surface area (Å²) in [6, 6.07) is 14.6. The second-order valence-corrected chi connectivity index (χ2v) is 9.05. The number of benzene rings is 2. The molecule has 0 spiro atoms. The van der Waals surface area contributed by atoms with Crippen molar-refractivity contribution in [3.05, 3.63) is 74.6 Å². The van der Waals surface area contributed by atoms with Gasteiger partial charge in [0.05, 0.1) is 4.91 Å². The Kier molecular flexibility index (Phi) is 7.41. The Bertz CT molecular complexity index is 1060. The number of hydrogen-bond acceptors (Lipinski definition) is 5. The van der Waals surface area contributed by atoms with E-state index in [0.717, 1.165) is 15.6 Å². The zero-order chi connectivity index (χ0) is 21.7. The molecule has 1 saturated heterocycles. The molecule has 6 nitrogen and oxygen atoms in total. The van der Waals surface area contributed by atoms with Gasteiger partial charge < -0.3 is 0 Å². The van der Waals surface area contributed by atoms with Crippen LogP contribution in [0.4, 0.5) is 0 Å². The summed E-state index contributed by atoms with van der Waals surface area (Å²) in [5, 5.41) is 0. The third-order valence-corrected chi connectivity index (χ3v) is 6.16. The van der Waals surface area contributed by atoms with Crippen molar-refractivity contribution in [2.75, 3.05) is 6.54 Å². The summed E-state index contributed by atoms with van der Waals surface area (Å²) in [7, 11) is 0. The molecule has 1 fully saturated rings. The van der Waals surface area contributed by atoms with Gasteiger partial charge in [-0.05, 0) is 42.3 Å². The second kappa shape index (κ2) is 10.0. The lowest BCUT2D eigenvalue weighted by Gasteiger charge is -2.14. The van der Waals surface area contributed by atoms with E-state index in [1.165, 1.54) is 16.7 Å². The Balaban J connectivity index is 1.53. The Morgan fingerprint density at radius 1 is 1.17 bits per heavy atom. The van der Waals surface area contributed by atoms with Gasteiger partial charge in [0, 0.05) is 23.0 Å². The van der Waals surface area contributed by atoms with E-state index in [-0.39, 0.29) is 18.9 Å². The van der Waals surface area contributed by atoms with Crippen LogP contribution in [0.5, 0.6) is 0 Å². The monoisotopic (exact) mass is 503 g/mol. The number of hydrazine groups is 1. The number of aryl methyl sites for hydroxylation is 1. The summed E-state index contributed by atoms with van der Waals surface area (Å²) in [5.41, 5.74) is 6.92. The minimum atomic E-state index is -0.415. The van der Waals surface area contributed by atoms with Crippen molar-refractivity contribution in [2.24, 2.45) is 0 Å². The highest BCUT2D eigenvalue weighted by Gasteiger charge is 2.32. The third-order valence-electron chi connectivity index (χ3n) is 4.29. The summed E-state index contributed by atoms with van der Waals surface area (Å²) >= 11 is 9.90. The van der Waals surface area contributed by atoms with Crippen LogP contribution in [0, 0.1) is 6.92 Å². The zero-order valence-electron chi connectivity index (χ0n) is 16.0. The van der Waals surface area contributed by atoms with E-state index in [0.29, 0.717) is 14.8 Å². The van der Waals surface area contributed by atoms with Gasteiger partial charge in [-0.25, -0.2) is 0 Å². The first-order valence-corrected chi connectivity index (χ1v) is 11.0. The molecule has 1 heterocycles. The topological polar surface area (TPSA) is 78.5 Å². The average molecular weight is 504 g/mol. The van der Waals surface area contributed by atoms with Crippen molar-refractivity contribution in [3.63, 3.8) is 0 Å². The molecule has 0 bridgehead atoms. The van der Waals surface area contributed by atoms with Gasteiger partial charge >= 0.3 is 0 Å². The highest BCUT2D eigenvalue weighted by Crippen LogP contribution is 2.32. The highest BCUT2D eigenvalue weighted by molar-refractivity contribution is 9.10. The summed E-state index contributed by atoms with van der Waals surface area (Å²) in [4.78, 5) is 38.8. The molecule has 0 saturated carbocycles. The second-order valence-electron chi connectivity index (χ2n) is 6.46. The molecule has 0 atom stereocenters. The molecule has 1 aliphatic heterocycles. The van der Waals surface area contributed by atoms with Crippen LogP contribution in [0.3, 0.4) is 0 Å². The molecule has 1 aliphatic rings. The number of hydrogen-bond donors (Lipinski definition) is 2. The molecule has 3 rings (SSSR count). The number of thioether (sulfide) groups is 1. The molecule has 2 N–H and O–H groups in total. The fourth-order valence-electron chi connectivity index (χ4n) is 2.74. The number of nitrogens with one attached hydrogen (secondary N) is 2. The molecule has 9 heteroatoms. The van der Waals surface area contributed by atoms with Crippen LogP contribution in [-0.2, 0) is 9.59 Å². The highest BCUT2D eigenvalue weighted by atomic mass is 79.9. The lowest BCUT2D eigenvalue weighted by molar-refractivity contribution is -0.124. The van der Waals surface area contributed by atoms with Crippen LogP contribution >= 0.6 is 39.9 Å². The first-order chi connectivity index (χ1) is 14.3. The van der Waals surface area contributed by atoms with Crippen molar-refractivity contribution in [3.8, 4) is 0 Å². The average Bonchev–Trinajstić information content (AvgIpc) is 2.97. The predicted octanol–water partition coefficient (Wildman–Crippen LogP) is 3.81. The van der Waals surface area contributed by atoms with Gasteiger partial charge in [-0.2, -0.15) is 0 Å². The summed E-state index contributed by atoms with van der Waals surface area (Å²) in [6.45, 7) is 1.94. The van der Waals surface area contributed by atoms with Gasteiger partial charge in [0.15, 0.2) is 0 Å². The first kappa shape index (κ1) is 22.2. The molecular formula is C21H18BrN3O3S2. The molecular weight excluding hydrogens is 486 g/mol. The summed E-state index contributed by atoms with van der Waals surface area (Å²) in [6.07, 6.45) is 1.78. The van der Waals surface area contributed by atoms with Crippen LogP contribution in [0.25, 0.3) is 6.08 Å². The van der Waals surface area contributed by atoms with E-state index in [9.17, 15) is 14.4 Å². The van der Waals surface area contributed by atoms with Crippen LogP contribution in [0.15, 0.2) is 57.9 Å². The Morgan fingerprint density at radius 2 is 1.93 bits per heavy atom. The van der Waals surface area contributed by atoms with E-state index in [1.54, 1.807) is 18.2 Å². The van der Waals surface area contributed by atoms with Crippen molar-refractivity contribution in [2.45, 2.75) is 13.3 Å². The number of thiocarbonyl (C=S) groups is 1. The molecule has 2 aromatic rings. The normalized spacial score (nSPS) is 14.9. The van der Waals surface area contributed by atoms with E-state index in [1.807, 2.05) is 43.3 Å². The van der Waals surface area contributed by atoms with Crippen molar-refractivity contribution in [1.29, 1.82) is 0 Å². The molecule has 0 unspecified atom stereocenters. The van der Waals surface area contributed by atoms with Gasteiger partial charge in [-0.1, -0.05) is 70.2 Å². The number of rotatable bonds is 5. The molecule has 3 amide bonds. The van der Waals surface area contributed by atoms with Crippen LogP contribution in [-0.4, -0.2) is 33.5 Å². The van der Waals surface area contributed by atoms with Crippen molar-refractivity contribution >= 4 is 68.0 Å². The predicted molar refractivity (Wildman–Crippen MR) is 125 cm³/mol. The maximum absolute atomic E-state index is 12.6. The lowest BCUT2D eigenvalue weighted by atomic mass is 10.1. The smallest absolute Gasteiger partial charge is 0.269 e. The SMILES string of the molecule is Cc1ccccc1C(=O)NNC(=O)CCN1C(=O)/C(=C\c2cccc(Br)c2)SC1=S. The quantitative estimate of drug-likeness (QED) is 0.368. The van der Waals surface area contributed by atoms with Crippen molar-refractivity contribution < 1.29 is 14.4 Å². The fourth-order valence-corrected chi connectivity index (χ4v) is 4.46. The minimum Gasteiger partial charge on any atom is -0.292 e. The number of halogens is 1. The number of nitrogens with zero attached hydrogens (tertiary/aromatic N) is 1. The van der Waals surface area contributed by atoms with Gasteiger partial charge in [-0.3, -0.25) is 30.1 Å². The Labute approximate surface area is 192 Å². The van der Waals surface area contributed by atoms with E-state index in [4.69, 9.17) is 12.2 Å². The molecule has 0 radical (unpaired) electrons. The third kappa shape index (κ3) is 5.56. The first-order valence-electron chi connectivity index (χ1n) is 9.01. The number of carbonyl (C=O) groups excluding carboxylic acids is 3. The fraction of sp³-hybridized carbons (Fsp3) is 0.143. The maximum atomic E-state index is 12.6. The zero-order valence-corrected chi connectivity index (χ0v) is 19.2. The van der Waals surface area contributed by atoms with E-state index >= 15 is 0 Å². The molecule has 154 valence electrons. The van der Waals surface area contributed by atoms with Gasteiger partial charge in [-0.15, -0.1) is 0 Å². The Hall–Kier alpha value is -2.49. The summed E-state index contributed by atoms with van der Waals surface area (Å²) < 4.78 is 1.31. The molecule has 0 aromatic heterocycles. The van der Waals surface area contributed by atoms with E-state index in [2.05, 4.69) is 26.8 Å². The number of amides is 3. The maximum Gasteiger partial charge on any atom is 0.269 e. The van der Waals surface area contributed by atoms with Gasteiger partial charge in [0.2, 0.25) is 5.91 Å². The standard InChI is InChI=1S/C21H18BrN3O3S2/c1-13-5-2-3-8-16(13)19(27)24-23-18(26)9-10-25-20(28)17(30-21(25)29)12-14-6-4-7-15(22)11-14/h2-8,11-12H,9-10H2,1H3,(H,23,26)(H,24,27)/b17-12+. The molecule has 2 aromatic carbocycles. The van der Waals surface area contributed by atoms with Crippen LogP contribution < -0.4 is 10.9 Å². The van der Waals surface area contributed by atoms with Crippen LogP contribution in [0.1, 0.15) is 27.9 Å². The largest absolute Gasteiger partial charge is 0.292 e.